The topological polar surface area (TPSA) is 49.8 Å². The Balaban J connectivity index is 3.28. The quantitative estimate of drug-likeness (QED) is 0.732. The monoisotopic (exact) mass is 216 g/mol. The molecule has 0 aromatic rings. The van der Waals surface area contributed by atoms with Crippen LogP contribution in [0.1, 0.15) is 13.3 Å². The lowest BCUT2D eigenvalue weighted by Crippen LogP contribution is -2.43. The Kier molecular flexibility index (Phi) is 2.80. The minimum Gasteiger partial charge on any atom is -0.399 e. The van der Waals surface area contributed by atoms with Crippen LogP contribution < -0.4 is 5.73 Å². The molecule has 5 heteroatoms. The molecule has 1 rings (SSSR count). The molecule has 0 saturated heterocycles. The summed E-state index contributed by atoms with van der Waals surface area (Å²) >= 11 is 0. The SMILES string of the molecule is CCC1(C(F)(F)F)C=C(N)C=CC1C#N. The normalized spacial score (nSPS) is 30.9. The van der Waals surface area contributed by atoms with Gasteiger partial charge in [-0.1, -0.05) is 13.0 Å². The molecule has 2 unspecified atom stereocenters. The van der Waals surface area contributed by atoms with Crippen LogP contribution in [-0.4, -0.2) is 6.18 Å². The zero-order chi connectivity index (χ0) is 11.7. The predicted molar refractivity (Wildman–Crippen MR) is 49.3 cm³/mol. The van der Waals surface area contributed by atoms with E-state index in [0.29, 0.717) is 0 Å². The van der Waals surface area contributed by atoms with Crippen LogP contribution in [0.4, 0.5) is 13.2 Å². The maximum absolute atomic E-state index is 12.9. The Labute approximate surface area is 85.9 Å². The summed E-state index contributed by atoms with van der Waals surface area (Å²) < 4.78 is 38.8. The second kappa shape index (κ2) is 3.61. The molecule has 0 heterocycles. The van der Waals surface area contributed by atoms with Gasteiger partial charge in [-0.25, -0.2) is 0 Å². The van der Waals surface area contributed by atoms with Crippen molar-refractivity contribution in [1.29, 1.82) is 5.26 Å². The number of nitrogens with two attached hydrogens (primary N) is 1. The van der Waals surface area contributed by atoms with Crippen LogP contribution in [0, 0.1) is 22.7 Å². The van der Waals surface area contributed by atoms with Crippen LogP contribution in [0.25, 0.3) is 0 Å². The second-order valence-electron chi connectivity index (χ2n) is 3.50. The lowest BCUT2D eigenvalue weighted by molar-refractivity contribution is -0.214. The van der Waals surface area contributed by atoms with Crippen LogP contribution >= 0.6 is 0 Å². The van der Waals surface area contributed by atoms with Gasteiger partial charge in [-0.15, -0.1) is 0 Å². The molecule has 1 aliphatic carbocycles. The van der Waals surface area contributed by atoms with Gasteiger partial charge in [-0.2, -0.15) is 18.4 Å². The van der Waals surface area contributed by atoms with Crippen molar-refractivity contribution in [1.82, 2.24) is 0 Å². The van der Waals surface area contributed by atoms with Crippen molar-refractivity contribution in [3.05, 3.63) is 23.9 Å². The van der Waals surface area contributed by atoms with Crippen LogP contribution in [0.5, 0.6) is 0 Å². The van der Waals surface area contributed by atoms with Crippen LogP contribution in [0.3, 0.4) is 0 Å². The van der Waals surface area contributed by atoms with E-state index in [0.717, 1.165) is 6.08 Å². The molecule has 82 valence electrons. The van der Waals surface area contributed by atoms with E-state index in [4.69, 9.17) is 11.0 Å². The molecule has 0 radical (unpaired) electrons. The van der Waals surface area contributed by atoms with E-state index in [1.165, 1.54) is 19.1 Å². The molecule has 0 aromatic heterocycles. The Morgan fingerprint density at radius 2 is 2.20 bits per heavy atom. The van der Waals surface area contributed by atoms with Gasteiger partial charge in [0.25, 0.3) is 0 Å². The van der Waals surface area contributed by atoms with Crippen LogP contribution in [0.2, 0.25) is 0 Å². The molecule has 0 fully saturated rings. The van der Waals surface area contributed by atoms with E-state index in [1.54, 1.807) is 6.07 Å². The molecule has 2 nitrogen and oxygen atoms in total. The highest BCUT2D eigenvalue weighted by Gasteiger charge is 2.57. The van der Waals surface area contributed by atoms with Crippen molar-refractivity contribution in [3.8, 4) is 6.07 Å². The highest BCUT2D eigenvalue weighted by Crippen LogP contribution is 2.50. The number of rotatable bonds is 1. The molecule has 0 aromatic carbocycles. The molecular weight excluding hydrogens is 205 g/mol. The largest absolute Gasteiger partial charge is 0.399 e. The molecule has 1 aliphatic rings. The van der Waals surface area contributed by atoms with E-state index in [-0.39, 0.29) is 12.1 Å². The van der Waals surface area contributed by atoms with Crippen molar-refractivity contribution < 1.29 is 13.2 Å². The van der Waals surface area contributed by atoms with Crippen molar-refractivity contribution in [3.63, 3.8) is 0 Å². The first-order chi connectivity index (χ1) is 6.87. The maximum Gasteiger partial charge on any atom is 0.399 e. The lowest BCUT2D eigenvalue weighted by Gasteiger charge is -2.36. The third-order valence-electron chi connectivity index (χ3n) is 2.71. The molecule has 2 atom stereocenters. The zero-order valence-corrected chi connectivity index (χ0v) is 8.17. The minimum atomic E-state index is -4.46. The van der Waals surface area contributed by atoms with Crippen molar-refractivity contribution in [2.45, 2.75) is 19.5 Å². The smallest absolute Gasteiger partial charge is 0.399 e. The standard InChI is InChI=1S/C10H11F3N2/c1-2-9(10(11,12)13)5-8(15)4-3-7(9)6-14/h3-5,7H,2,15H2,1H3. The van der Waals surface area contributed by atoms with E-state index in [1.807, 2.05) is 0 Å². The molecule has 2 N–H and O–H groups in total. The highest BCUT2D eigenvalue weighted by atomic mass is 19.4. The number of nitrogens with zero attached hydrogens (tertiary/aromatic N) is 1. The van der Waals surface area contributed by atoms with E-state index in [2.05, 4.69) is 0 Å². The summed E-state index contributed by atoms with van der Waals surface area (Å²) in [6.45, 7) is 1.40. The zero-order valence-electron chi connectivity index (χ0n) is 8.17. The first kappa shape index (κ1) is 11.6. The molecule has 0 amide bonds. The van der Waals surface area contributed by atoms with Crippen molar-refractivity contribution in [2.24, 2.45) is 17.1 Å². The Morgan fingerprint density at radius 3 is 2.60 bits per heavy atom. The van der Waals surface area contributed by atoms with E-state index < -0.39 is 17.5 Å². The Hall–Kier alpha value is -1.44. The van der Waals surface area contributed by atoms with Gasteiger partial charge in [0.15, 0.2) is 0 Å². The summed E-state index contributed by atoms with van der Waals surface area (Å²) in [5.74, 6) is -1.20. The molecule has 15 heavy (non-hydrogen) atoms. The average Bonchev–Trinajstić information content (AvgIpc) is 2.15. The van der Waals surface area contributed by atoms with Gasteiger partial charge in [-0.3, -0.25) is 0 Å². The molecular formula is C10H11F3N2. The maximum atomic E-state index is 12.9. The molecule has 0 aliphatic heterocycles. The van der Waals surface area contributed by atoms with Crippen molar-refractivity contribution in [2.75, 3.05) is 0 Å². The summed E-state index contributed by atoms with van der Waals surface area (Å²) in [7, 11) is 0. The third kappa shape index (κ3) is 1.72. The summed E-state index contributed by atoms with van der Waals surface area (Å²) in [5, 5.41) is 8.74. The van der Waals surface area contributed by atoms with Crippen LogP contribution in [-0.2, 0) is 0 Å². The molecule has 0 saturated carbocycles. The number of nitriles is 1. The average molecular weight is 216 g/mol. The summed E-state index contributed by atoms with van der Waals surface area (Å²) in [6, 6.07) is 1.67. The predicted octanol–water partition coefficient (Wildman–Crippen LogP) is 2.50. The summed E-state index contributed by atoms with van der Waals surface area (Å²) in [5.41, 5.74) is 3.28. The number of hydrogen-bond acceptors (Lipinski definition) is 2. The summed E-state index contributed by atoms with van der Waals surface area (Å²) in [4.78, 5) is 0. The fraction of sp³-hybridized carbons (Fsp3) is 0.500. The van der Waals surface area contributed by atoms with Gasteiger partial charge in [0, 0.05) is 5.70 Å². The lowest BCUT2D eigenvalue weighted by atomic mass is 9.70. The first-order valence-corrected chi connectivity index (χ1v) is 4.50. The van der Waals surface area contributed by atoms with Crippen molar-refractivity contribution >= 4 is 0 Å². The third-order valence-corrected chi connectivity index (χ3v) is 2.71. The Morgan fingerprint density at radius 1 is 1.60 bits per heavy atom. The number of hydrogen-bond donors (Lipinski definition) is 1. The minimum absolute atomic E-state index is 0.0562. The fourth-order valence-corrected chi connectivity index (χ4v) is 1.75. The molecule has 0 bridgehead atoms. The highest BCUT2D eigenvalue weighted by molar-refractivity contribution is 5.31. The first-order valence-electron chi connectivity index (χ1n) is 4.50. The number of halogens is 3. The van der Waals surface area contributed by atoms with Gasteiger partial charge < -0.3 is 5.73 Å². The van der Waals surface area contributed by atoms with Gasteiger partial charge in [-0.05, 0) is 18.6 Å². The van der Waals surface area contributed by atoms with Gasteiger partial charge in [0.2, 0.25) is 0 Å². The van der Waals surface area contributed by atoms with Crippen LogP contribution in [0.15, 0.2) is 23.9 Å². The second-order valence-corrected chi connectivity index (χ2v) is 3.50. The van der Waals surface area contributed by atoms with Gasteiger partial charge in [0.1, 0.15) is 5.41 Å². The van der Waals surface area contributed by atoms with Gasteiger partial charge >= 0.3 is 6.18 Å². The van der Waals surface area contributed by atoms with Gasteiger partial charge in [0.05, 0.1) is 12.0 Å². The number of allylic oxidation sites excluding steroid dienone is 3. The van der Waals surface area contributed by atoms with E-state index in [9.17, 15) is 13.2 Å². The molecule has 0 spiro atoms. The fourth-order valence-electron chi connectivity index (χ4n) is 1.75. The summed E-state index contributed by atoms with van der Waals surface area (Å²) in [6.07, 6.45) is -1.15. The Bertz CT molecular complexity index is 349. The number of alkyl halides is 3. The van der Waals surface area contributed by atoms with E-state index >= 15 is 0 Å².